The van der Waals surface area contributed by atoms with Crippen molar-refractivity contribution >= 4 is 23.1 Å². The molecule has 0 fully saturated rings. The minimum absolute atomic E-state index is 0.185. The number of thiazole rings is 1. The zero-order valence-electron chi connectivity index (χ0n) is 9.30. The standard InChI is InChI=1S/C11H12N4OS/c1-12-10-4-2-3-9(15-10)11(16)14-6-8-5-13-7-17-8/h2-5,7H,6H2,1H3,(H,12,15)(H,14,16). The van der Waals surface area contributed by atoms with Crippen LogP contribution in [0, 0.1) is 0 Å². The van der Waals surface area contributed by atoms with Gasteiger partial charge in [-0.25, -0.2) is 4.98 Å². The smallest absolute Gasteiger partial charge is 0.270 e. The van der Waals surface area contributed by atoms with Crippen LogP contribution in [0.15, 0.2) is 29.9 Å². The molecule has 0 aliphatic rings. The zero-order chi connectivity index (χ0) is 12.1. The van der Waals surface area contributed by atoms with E-state index in [2.05, 4.69) is 20.6 Å². The van der Waals surface area contributed by atoms with Gasteiger partial charge < -0.3 is 10.6 Å². The van der Waals surface area contributed by atoms with Crippen molar-refractivity contribution in [3.63, 3.8) is 0 Å². The fourth-order valence-electron chi connectivity index (χ4n) is 1.29. The third-order valence-electron chi connectivity index (χ3n) is 2.14. The van der Waals surface area contributed by atoms with Crippen molar-refractivity contribution in [2.75, 3.05) is 12.4 Å². The summed E-state index contributed by atoms with van der Waals surface area (Å²) in [7, 11) is 1.77. The Bertz CT molecular complexity index is 498. The first-order chi connectivity index (χ1) is 8.29. The highest BCUT2D eigenvalue weighted by molar-refractivity contribution is 7.09. The summed E-state index contributed by atoms with van der Waals surface area (Å²) >= 11 is 1.51. The van der Waals surface area contributed by atoms with E-state index in [1.807, 2.05) is 0 Å². The predicted octanol–water partition coefficient (Wildman–Crippen LogP) is 1.51. The summed E-state index contributed by atoms with van der Waals surface area (Å²) < 4.78 is 0. The average Bonchev–Trinajstić information content (AvgIpc) is 2.89. The van der Waals surface area contributed by atoms with Gasteiger partial charge in [0.15, 0.2) is 0 Å². The number of anilines is 1. The van der Waals surface area contributed by atoms with Crippen LogP contribution in [0.5, 0.6) is 0 Å². The SMILES string of the molecule is CNc1cccc(C(=O)NCc2cncs2)n1. The number of amides is 1. The van der Waals surface area contributed by atoms with Gasteiger partial charge in [0.2, 0.25) is 0 Å². The molecule has 0 atom stereocenters. The van der Waals surface area contributed by atoms with E-state index in [9.17, 15) is 4.79 Å². The van der Waals surface area contributed by atoms with Crippen LogP contribution >= 0.6 is 11.3 Å². The molecule has 2 rings (SSSR count). The molecule has 2 N–H and O–H groups in total. The quantitative estimate of drug-likeness (QED) is 0.860. The van der Waals surface area contributed by atoms with Gasteiger partial charge in [0, 0.05) is 18.1 Å². The van der Waals surface area contributed by atoms with Crippen LogP contribution in [0.1, 0.15) is 15.4 Å². The number of carbonyl (C=O) groups excluding carboxylic acids is 1. The van der Waals surface area contributed by atoms with E-state index in [1.165, 1.54) is 11.3 Å². The van der Waals surface area contributed by atoms with Gasteiger partial charge >= 0.3 is 0 Å². The molecular formula is C11H12N4OS. The summed E-state index contributed by atoms with van der Waals surface area (Å²) in [6.07, 6.45) is 1.74. The molecule has 0 saturated carbocycles. The Hall–Kier alpha value is -1.95. The fraction of sp³-hybridized carbons (Fsp3) is 0.182. The second-order valence-corrected chi connectivity index (χ2v) is 4.28. The van der Waals surface area contributed by atoms with Gasteiger partial charge in [0.1, 0.15) is 11.5 Å². The zero-order valence-corrected chi connectivity index (χ0v) is 10.1. The molecule has 2 heterocycles. The molecule has 6 heteroatoms. The summed E-state index contributed by atoms with van der Waals surface area (Å²) in [5.74, 6) is 0.492. The van der Waals surface area contributed by atoms with Gasteiger partial charge in [-0.1, -0.05) is 6.07 Å². The molecule has 0 saturated heterocycles. The lowest BCUT2D eigenvalue weighted by atomic mass is 10.3. The van der Waals surface area contributed by atoms with Crippen LogP contribution < -0.4 is 10.6 Å². The second-order valence-electron chi connectivity index (χ2n) is 3.31. The van der Waals surface area contributed by atoms with Crippen molar-refractivity contribution in [2.24, 2.45) is 0 Å². The van der Waals surface area contributed by atoms with E-state index in [-0.39, 0.29) is 5.91 Å². The molecular weight excluding hydrogens is 236 g/mol. The van der Waals surface area contributed by atoms with E-state index in [0.29, 0.717) is 18.1 Å². The van der Waals surface area contributed by atoms with E-state index >= 15 is 0 Å². The number of pyridine rings is 1. The van der Waals surface area contributed by atoms with Crippen molar-refractivity contribution < 1.29 is 4.79 Å². The van der Waals surface area contributed by atoms with Crippen LogP contribution in [-0.4, -0.2) is 22.9 Å². The Balaban J connectivity index is 1.99. The maximum absolute atomic E-state index is 11.8. The molecule has 0 radical (unpaired) electrons. The van der Waals surface area contributed by atoms with E-state index in [1.54, 1.807) is 37.0 Å². The number of rotatable bonds is 4. The summed E-state index contributed by atoms with van der Waals surface area (Å²) in [5, 5.41) is 5.69. The Kier molecular flexibility index (Phi) is 3.66. The molecule has 0 bridgehead atoms. The number of hydrogen-bond acceptors (Lipinski definition) is 5. The minimum Gasteiger partial charge on any atom is -0.373 e. The number of nitrogens with one attached hydrogen (secondary N) is 2. The molecule has 0 unspecified atom stereocenters. The largest absolute Gasteiger partial charge is 0.373 e. The van der Waals surface area contributed by atoms with Crippen LogP contribution in [0.4, 0.5) is 5.82 Å². The molecule has 1 amide bonds. The first kappa shape index (κ1) is 11.5. The highest BCUT2D eigenvalue weighted by Crippen LogP contribution is 2.06. The highest BCUT2D eigenvalue weighted by Gasteiger charge is 2.07. The van der Waals surface area contributed by atoms with Gasteiger partial charge in [-0.05, 0) is 12.1 Å². The molecule has 88 valence electrons. The van der Waals surface area contributed by atoms with Crippen LogP contribution in [0.3, 0.4) is 0 Å². The average molecular weight is 248 g/mol. The maximum atomic E-state index is 11.8. The molecule has 0 aliphatic carbocycles. The molecule has 0 spiro atoms. The van der Waals surface area contributed by atoms with E-state index in [0.717, 1.165) is 4.88 Å². The maximum Gasteiger partial charge on any atom is 0.270 e. The summed E-state index contributed by atoms with van der Waals surface area (Å²) in [6, 6.07) is 5.28. The van der Waals surface area contributed by atoms with Crippen LogP contribution in [0.25, 0.3) is 0 Å². The Labute approximate surface area is 103 Å². The summed E-state index contributed by atoms with van der Waals surface area (Å²) in [6.45, 7) is 0.481. The lowest BCUT2D eigenvalue weighted by Crippen LogP contribution is -2.23. The third kappa shape index (κ3) is 3.01. The van der Waals surface area contributed by atoms with Crippen molar-refractivity contribution in [2.45, 2.75) is 6.54 Å². The summed E-state index contributed by atoms with van der Waals surface area (Å²) in [4.78, 5) is 20.9. The van der Waals surface area contributed by atoms with Gasteiger partial charge in [0.25, 0.3) is 5.91 Å². The normalized spacial score (nSPS) is 9.94. The van der Waals surface area contributed by atoms with Crippen molar-refractivity contribution in [1.82, 2.24) is 15.3 Å². The summed E-state index contributed by atoms with van der Waals surface area (Å²) in [5.41, 5.74) is 2.14. The minimum atomic E-state index is -0.185. The fourth-order valence-corrected chi connectivity index (χ4v) is 1.82. The van der Waals surface area contributed by atoms with Gasteiger partial charge in [-0.2, -0.15) is 0 Å². The molecule has 5 nitrogen and oxygen atoms in total. The van der Waals surface area contributed by atoms with Crippen LogP contribution in [0.2, 0.25) is 0 Å². The predicted molar refractivity (Wildman–Crippen MR) is 67.1 cm³/mol. The number of hydrogen-bond donors (Lipinski definition) is 2. The number of nitrogens with zero attached hydrogens (tertiary/aromatic N) is 2. The van der Waals surface area contributed by atoms with Crippen molar-refractivity contribution in [3.8, 4) is 0 Å². The Morgan fingerprint density at radius 1 is 1.47 bits per heavy atom. The molecule has 2 aromatic heterocycles. The lowest BCUT2D eigenvalue weighted by Gasteiger charge is -2.04. The van der Waals surface area contributed by atoms with Gasteiger partial charge in [-0.15, -0.1) is 11.3 Å². The first-order valence-electron chi connectivity index (χ1n) is 5.10. The first-order valence-corrected chi connectivity index (χ1v) is 5.98. The van der Waals surface area contributed by atoms with E-state index in [4.69, 9.17) is 0 Å². The molecule has 0 aliphatic heterocycles. The van der Waals surface area contributed by atoms with E-state index < -0.39 is 0 Å². The van der Waals surface area contributed by atoms with Crippen LogP contribution in [-0.2, 0) is 6.54 Å². The Morgan fingerprint density at radius 3 is 3.06 bits per heavy atom. The van der Waals surface area contributed by atoms with Gasteiger partial charge in [0.05, 0.1) is 12.1 Å². The molecule has 17 heavy (non-hydrogen) atoms. The monoisotopic (exact) mass is 248 g/mol. The topological polar surface area (TPSA) is 66.9 Å². The lowest BCUT2D eigenvalue weighted by molar-refractivity contribution is 0.0946. The number of carbonyl (C=O) groups is 1. The highest BCUT2D eigenvalue weighted by atomic mass is 32.1. The number of aromatic nitrogens is 2. The second kappa shape index (κ2) is 5.40. The molecule has 0 aromatic carbocycles. The van der Waals surface area contributed by atoms with Gasteiger partial charge in [-0.3, -0.25) is 9.78 Å². The molecule has 2 aromatic rings. The van der Waals surface area contributed by atoms with Crippen molar-refractivity contribution in [1.29, 1.82) is 0 Å². The van der Waals surface area contributed by atoms with Crippen molar-refractivity contribution in [3.05, 3.63) is 40.5 Å². The third-order valence-corrected chi connectivity index (χ3v) is 2.92. The Morgan fingerprint density at radius 2 is 2.35 bits per heavy atom.